The molecule has 0 atom stereocenters. The van der Waals surface area contributed by atoms with E-state index in [0.29, 0.717) is 6.17 Å². The van der Waals surface area contributed by atoms with Crippen molar-refractivity contribution in [3.05, 3.63) is 0 Å². The Bertz CT molecular complexity index is 94.9. The van der Waals surface area contributed by atoms with Crippen LogP contribution in [0.3, 0.4) is 0 Å². The molecule has 0 aromatic rings. The predicted molar refractivity (Wildman–Crippen MR) is 38.8 cm³/mol. The maximum absolute atomic E-state index is 8.72. The molecule has 0 aromatic heterocycles. The summed E-state index contributed by atoms with van der Waals surface area (Å²) in [4.78, 5) is 19.5. The number of rotatable bonds is 2. The smallest absolute Gasteiger partial charge is 0.330 e. The van der Waals surface area contributed by atoms with E-state index >= 15 is 0 Å². The molecule has 1 aliphatic heterocycles. The molecule has 0 amide bonds. The quantitative estimate of drug-likeness (QED) is 0.465. The van der Waals surface area contributed by atoms with Crippen LogP contribution in [0, 0.1) is 0 Å². The normalized spacial score (nSPS) is 21.9. The van der Waals surface area contributed by atoms with E-state index in [1.165, 1.54) is 0 Å². The van der Waals surface area contributed by atoms with Crippen LogP contribution < -0.4 is 0 Å². The molecule has 60 valence electrons. The Hall–Kier alpha value is 0.0569. The van der Waals surface area contributed by atoms with Crippen molar-refractivity contribution < 1.29 is 14.3 Å². The molecule has 4 nitrogen and oxygen atoms in total. The minimum Gasteiger partial charge on any atom is -0.412 e. The van der Waals surface area contributed by atoms with Crippen molar-refractivity contribution in [1.29, 1.82) is 0 Å². The molecule has 2 N–H and O–H groups in total. The summed E-state index contributed by atoms with van der Waals surface area (Å²) in [6, 6.07) is 0. The molecule has 0 spiro atoms. The van der Waals surface area contributed by atoms with Gasteiger partial charge in [-0.1, -0.05) is 0 Å². The number of nitrogens with zero attached hydrogens (tertiary/aromatic N) is 1. The molecule has 10 heavy (non-hydrogen) atoms. The Balaban J connectivity index is 2.13. The first-order chi connectivity index (χ1) is 4.79. The van der Waals surface area contributed by atoms with E-state index < -0.39 is 9.28 Å². The molecule has 1 aliphatic rings. The summed E-state index contributed by atoms with van der Waals surface area (Å²) in [6.07, 6.45) is 0.476. The van der Waals surface area contributed by atoms with Gasteiger partial charge in [0, 0.05) is 19.3 Å². The molecule has 1 rings (SSSR count). The maximum atomic E-state index is 8.72. The summed E-state index contributed by atoms with van der Waals surface area (Å²) in [7, 11) is -2.37. The number of morpholine rings is 1. The van der Waals surface area contributed by atoms with E-state index in [0.717, 1.165) is 26.3 Å². The highest BCUT2D eigenvalue weighted by Gasteiger charge is 2.13. The van der Waals surface area contributed by atoms with E-state index in [2.05, 4.69) is 0 Å². The lowest BCUT2D eigenvalue weighted by molar-refractivity contribution is 0.0431. The van der Waals surface area contributed by atoms with Gasteiger partial charge in [0.15, 0.2) is 0 Å². The highest BCUT2D eigenvalue weighted by Crippen LogP contribution is 1.95. The van der Waals surface area contributed by atoms with E-state index in [4.69, 9.17) is 14.3 Å². The summed E-state index contributed by atoms with van der Waals surface area (Å²) >= 11 is 0. The van der Waals surface area contributed by atoms with Gasteiger partial charge in [-0.05, 0) is 0 Å². The Kier molecular flexibility index (Phi) is 3.30. The minimum absolute atomic E-state index is 0.476. The van der Waals surface area contributed by atoms with Gasteiger partial charge in [0.1, 0.15) is 0 Å². The summed E-state index contributed by atoms with van der Waals surface area (Å²) in [5.74, 6) is 0. The van der Waals surface area contributed by atoms with Crippen LogP contribution in [-0.2, 0) is 4.74 Å². The molecule has 0 aliphatic carbocycles. The molecule has 0 unspecified atom stereocenters. The van der Waals surface area contributed by atoms with Crippen LogP contribution in [-0.4, -0.2) is 56.2 Å². The Labute approximate surface area is 61.9 Å². The van der Waals surface area contributed by atoms with Gasteiger partial charge in [0.05, 0.1) is 13.2 Å². The van der Waals surface area contributed by atoms with Crippen LogP contribution >= 0.6 is 0 Å². The average Bonchev–Trinajstić information content (AvgIpc) is 1.88. The van der Waals surface area contributed by atoms with Gasteiger partial charge in [-0.3, -0.25) is 4.90 Å². The van der Waals surface area contributed by atoms with Crippen LogP contribution in [0.2, 0.25) is 0 Å². The van der Waals surface area contributed by atoms with Gasteiger partial charge in [0.2, 0.25) is 0 Å². The van der Waals surface area contributed by atoms with Gasteiger partial charge in [-0.15, -0.1) is 0 Å². The zero-order valence-corrected chi connectivity index (χ0v) is 7.02. The molecular formula is C5H13NO3Si. The molecular weight excluding hydrogens is 150 g/mol. The topological polar surface area (TPSA) is 52.9 Å². The van der Waals surface area contributed by atoms with Crippen molar-refractivity contribution in [2.24, 2.45) is 0 Å². The van der Waals surface area contributed by atoms with Crippen molar-refractivity contribution in [2.75, 3.05) is 32.5 Å². The van der Waals surface area contributed by atoms with E-state index in [1.54, 1.807) is 0 Å². The first kappa shape index (κ1) is 8.16. The highest BCUT2D eigenvalue weighted by molar-refractivity contribution is 6.41. The minimum atomic E-state index is -2.37. The van der Waals surface area contributed by atoms with E-state index in [9.17, 15) is 0 Å². The molecule has 1 saturated heterocycles. The lowest BCUT2D eigenvalue weighted by atomic mass is 10.5. The molecule has 1 heterocycles. The third-order valence-corrected chi connectivity index (χ3v) is 2.37. The fraction of sp³-hybridized carbons (Fsp3) is 1.00. The third-order valence-electron chi connectivity index (χ3n) is 1.53. The lowest BCUT2D eigenvalue weighted by Gasteiger charge is -2.26. The van der Waals surface area contributed by atoms with Crippen molar-refractivity contribution >= 4 is 9.28 Å². The van der Waals surface area contributed by atoms with Crippen LogP contribution in [0.4, 0.5) is 0 Å². The lowest BCUT2D eigenvalue weighted by Crippen LogP contribution is -2.42. The van der Waals surface area contributed by atoms with E-state index in [1.807, 2.05) is 4.90 Å². The molecule has 5 heteroatoms. The second kappa shape index (κ2) is 4.04. The Morgan fingerprint density at radius 1 is 1.30 bits per heavy atom. The van der Waals surface area contributed by atoms with E-state index in [-0.39, 0.29) is 0 Å². The summed E-state index contributed by atoms with van der Waals surface area (Å²) < 4.78 is 5.09. The number of hydrogen-bond acceptors (Lipinski definition) is 4. The van der Waals surface area contributed by atoms with Crippen LogP contribution in [0.25, 0.3) is 0 Å². The summed E-state index contributed by atoms with van der Waals surface area (Å²) in [5.41, 5.74) is 0. The molecule has 0 saturated carbocycles. The maximum Gasteiger partial charge on any atom is 0.330 e. The van der Waals surface area contributed by atoms with Gasteiger partial charge < -0.3 is 14.3 Å². The van der Waals surface area contributed by atoms with Gasteiger partial charge in [-0.25, -0.2) is 0 Å². The Morgan fingerprint density at radius 2 is 1.90 bits per heavy atom. The fourth-order valence-corrected chi connectivity index (χ4v) is 1.84. The number of ether oxygens (including phenoxy) is 1. The molecule has 0 radical (unpaired) electrons. The van der Waals surface area contributed by atoms with Gasteiger partial charge in [-0.2, -0.15) is 0 Å². The largest absolute Gasteiger partial charge is 0.412 e. The first-order valence-electron chi connectivity index (χ1n) is 3.45. The predicted octanol–water partition coefficient (Wildman–Crippen LogP) is -1.94. The Morgan fingerprint density at radius 3 is 2.40 bits per heavy atom. The van der Waals surface area contributed by atoms with Crippen molar-refractivity contribution in [2.45, 2.75) is 0 Å². The third kappa shape index (κ3) is 2.76. The molecule has 0 bridgehead atoms. The zero-order chi connectivity index (χ0) is 7.40. The second-order valence-electron chi connectivity index (χ2n) is 2.39. The van der Waals surface area contributed by atoms with Crippen molar-refractivity contribution in [1.82, 2.24) is 4.90 Å². The molecule has 1 fully saturated rings. The fourth-order valence-electron chi connectivity index (χ4n) is 1.01. The monoisotopic (exact) mass is 163 g/mol. The molecule has 0 aromatic carbocycles. The van der Waals surface area contributed by atoms with Crippen molar-refractivity contribution in [3.63, 3.8) is 0 Å². The van der Waals surface area contributed by atoms with Crippen LogP contribution in [0.1, 0.15) is 0 Å². The van der Waals surface area contributed by atoms with Crippen LogP contribution in [0.5, 0.6) is 0 Å². The SMILES string of the molecule is O[SiH](O)CN1CCOCC1. The summed E-state index contributed by atoms with van der Waals surface area (Å²) in [6.45, 7) is 3.12. The summed E-state index contributed by atoms with van der Waals surface area (Å²) in [5, 5.41) is 0. The highest BCUT2D eigenvalue weighted by atomic mass is 28.3. The second-order valence-corrected chi connectivity index (χ2v) is 3.72. The van der Waals surface area contributed by atoms with Gasteiger partial charge >= 0.3 is 9.28 Å². The number of hydrogen-bond donors (Lipinski definition) is 2. The van der Waals surface area contributed by atoms with Crippen molar-refractivity contribution in [3.8, 4) is 0 Å². The van der Waals surface area contributed by atoms with Gasteiger partial charge in [0.25, 0.3) is 0 Å². The average molecular weight is 163 g/mol. The van der Waals surface area contributed by atoms with Crippen LogP contribution in [0.15, 0.2) is 0 Å². The first-order valence-corrected chi connectivity index (χ1v) is 5.30. The standard InChI is InChI=1S/C5H13NO3Si/c7-10(8)5-6-1-3-9-4-2-6/h7-8,10H,1-5H2. The zero-order valence-electron chi connectivity index (χ0n) is 5.86.